The standard InChI is InChI=1S/C20H17N3O4S/c21-10-9-13-5-7-14(8-6-13)22-18(24)12-27-19(25)11-17-20(26)23-15-3-1-2-4-16(15)28-17/h1-8,17H,9,11-12H2,(H,22,24)(H,23,26)/t17-/m0/s1. The first kappa shape index (κ1) is 19.5. The second-order valence-corrected chi connectivity index (χ2v) is 7.28. The number of benzene rings is 2. The van der Waals surface area contributed by atoms with E-state index in [4.69, 9.17) is 10.00 Å². The third kappa shape index (κ3) is 5.11. The summed E-state index contributed by atoms with van der Waals surface area (Å²) < 4.78 is 4.99. The van der Waals surface area contributed by atoms with Gasteiger partial charge in [0.25, 0.3) is 5.91 Å². The number of nitrogens with one attached hydrogen (secondary N) is 2. The van der Waals surface area contributed by atoms with E-state index in [-0.39, 0.29) is 12.3 Å². The van der Waals surface area contributed by atoms with E-state index < -0.39 is 23.7 Å². The van der Waals surface area contributed by atoms with Gasteiger partial charge in [-0.2, -0.15) is 5.26 Å². The maximum absolute atomic E-state index is 12.1. The summed E-state index contributed by atoms with van der Waals surface area (Å²) >= 11 is 1.30. The number of fused-ring (bicyclic) bond motifs is 1. The van der Waals surface area contributed by atoms with Crippen LogP contribution in [0.2, 0.25) is 0 Å². The summed E-state index contributed by atoms with van der Waals surface area (Å²) in [5, 5.41) is 13.4. The van der Waals surface area contributed by atoms with E-state index in [1.807, 2.05) is 24.3 Å². The fraction of sp³-hybridized carbons (Fsp3) is 0.200. The minimum Gasteiger partial charge on any atom is -0.456 e. The monoisotopic (exact) mass is 395 g/mol. The van der Waals surface area contributed by atoms with Crippen molar-refractivity contribution in [1.29, 1.82) is 5.26 Å². The number of amides is 2. The minimum atomic E-state index is -0.619. The lowest BCUT2D eigenvalue weighted by Gasteiger charge is -2.23. The molecule has 7 nitrogen and oxygen atoms in total. The molecule has 0 radical (unpaired) electrons. The Hall–Kier alpha value is -3.31. The number of nitrogens with zero attached hydrogens (tertiary/aromatic N) is 1. The first-order valence-corrected chi connectivity index (χ1v) is 9.41. The van der Waals surface area contributed by atoms with Crippen molar-refractivity contribution in [3.05, 3.63) is 54.1 Å². The predicted octanol–water partition coefficient (Wildman–Crippen LogP) is 2.74. The average Bonchev–Trinajstić information content (AvgIpc) is 2.69. The van der Waals surface area contributed by atoms with Gasteiger partial charge in [0.15, 0.2) is 6.61 Å². The molecule has 0 saturated carbocycles. The van der Waals surface area contributed by atoms with E-state index in [0.717, 1.165) is 16.1 Å². The Bertz CT molecular complexity index is 937. The van der Waals surface area contributed by atoms with Gasteiger partial charge in [-0.1, -0.05) is 24.3 Å². The molecule has 2 N–H and O–H groups in total. The lowest BCUT2D eigenvalue weighted by molar-refractivity contribution is -0.147. The highest BCUT2D eigenvalue weighted by Gasteiger charge is 2.29. The van der Waals surface area contributed by atoms with Crippen molar-refractivity contribution in [1.82, 2.24) is 0 Å². The molecule has 1 atom stereocenters. The highest BCUT2D eigenvalue weighted by Crippen LogP contribution is 2.36. The third-order valence-electron chi connectivity index (χ3n) is 3.94. The SMILES string of the molecule is N#CCc1ccc(NC(=O)COC(=O)C[C@@H]2Sc3ccccc3NC2=O)cc1. The normalized spacial score (nSPS) is 15.0. The third-order valence-corrected chi connectivity index (χ3v) is 5.22. The summed E-state index contributed by atoms with van der Waals surface area (Å²) in [4.78, 5) is 36.9. The molecule has 0 aliphatic carbocycles. The summed E-state index contributed by atoms with van der Waals surface area (Å²) in [5.74, 6) is -1.36. The first-order chi connectivity index (χ1) is 13.5. The molecule has 0 saturated heterocycles. The number of anilines is 2. The van der Waals surface area contributed by atoms with E-state index >= 15 is 0 Å². The van der Waals surface area contributed by atoms with Gasteiger partial charge in [0.1, 0.15) is 0 Å². The maximum atomic E-state index is 12.1. The van der Waals surface area contributed by atoms with Crippen molar-refractivity contribution in [2.75, 3.05) is 17.2 Å². The Labute approximate surface area is 166 Å². The van der Waals surface area contributed by atoms with Crippen LogP contribution in [0.15, 0.2) is 53.4 Å². The predicted molar refractivity (Wildman–Crippen MR) is 105 cm³/mol. The second-order valence-electron chi connectivity index (χ2n) is 6.04. The molecule has 2 amide bonds. The summed E-state index contributed by atoms with van der Waals surface area (Å²) in [5.41, 5.74) is 2.11. The van der Waals surface area contributed by atoms with Gasteiger partial charge >= 0.3 is 5.97 Å². The highest BCUT2D eigenvalue weighted by molar-refractivity contribution is 8.01. The minimum absolute atomic E-state index is 0.124. The molecule has 0 aromatic heterocycles. The zero-order valence-corrected chi connectivity index (χ0v) is 15.6. The largest absolute Gasteiger partial charge is 0.456 e. The van der Waals surface area contributed by atoms with Gasteiger partial charge in [0.05, 0.1) is 29.8 Å². The van der Waals surface area contributed by atoms with Crippen LogP contribution < -0.4 is 10.6 Å². The number of thioether (sulfide) groups is 1. The highest BCUT2D eigenvalue weighted by atomic mass is 32.2. The van der Waals surface area contributed by atoms with Crippen molar-refractivity contribution in [3.8, 4) is 6.07 Å². The van der Waals surface area contributed by atoms with Crippen LogP contribution in [0.25, 0.3) is 0 Å². The fourth-order valence-electron chi connectivity index (χ4n) is 2.58. The number of carbonyl (C=O) groups is 3. The number of para-hydroxylation sites is 1. The Morgan fingerprint density at radius 3 is 2.68 bits per heavy atom. The molecule has 3 rings (SSSR count). The van der Waals surface area contributed by atoms with Crippen molar-refractivity contribution in [3.63, 3.8) is 0 Å². The molecule has 2 aromatic carbocycles. The molecule has 1 aliphatic heterocycles. The average molecular weight is 395 g/mol. The van der Waals surface area contributed by atoms with Crippen LogP contribution in [-0.2, 0) is 25.5 Å². The molecule has 2 aromatic rings. The Balaban J connectivity index is 1.46. The molecular weight excluding hydrogens is 378 g/mol. The van der Waals surface area contributed by atoms with E-state index in [9.17, 15) is 14.4 Å². The molecule has 1 aliphatic rings. The lowest BCUT2D eigenvalue weighted by Crippen LogP contribution is -2.32. The Morgan fingerprint density at radius 1 is 1.18 bits per heavy atom. The number of hydrogen-bond acceptors (Lipinski definition) is 6. The maximum Gasteiger partial charge on any atom is 0.307 e. The summed E-state index contributed by atoms with van der Waals surface area (Å²) in [6.07, 6.45) is 0.171. The number of ether oxygens (including phenoxy) is 1. The number of nitriles is 1. The molecule has 0 bridgehead atoms. The number of esters is 1. The summed E-state index contributed by atoms with van der Waals surface area (Å²) in [7, 11) is 0. The quantitative estimate of drug-likeness (QED) is 0.728. The van der Waals surface area contributed by atoms with Gasteiger partial charge < -0.3 is 15.4 Å². The molecule has 8 heteroatoms. The fourth-order valence-corrected chi connectivity index (χ4v) is 3.67. The second kappa shape index (κ2) is 9.06. The first-order valence-electron chi connectivity index (χ1n) is 8.53. The van der Waals surface area contributed by atoms with Crippen LogP contribution in [0.1, 0.15) is 12.0 Å². The summed E-state index contributed by atoms with van der Waals surface area (Å²) in [6, 6.07) is 16.2. The molecule has 1 heterocycles. The van der Waals surface area contributed by atoms with Gasteiger partial charge in [-0.05, 0) is 29.8 Å². The molecular formula is C20H17N3O4S. The van der Waals surface area contributed by atoms with Crippen molar-refractivity contribution < 1.29 is 19.1 Å². The molecule has 28 heavy (non-hydrogen) atoms. The number of hydrogen-bond donors (Lipinski definition) is 2. The van der Waals surface area contributed by atoms with Crippen molar-refractivity contribution in [2.45, 2.75) is 23.0 Å². The molecule has 0 spiro atoms. The lowest BCUT2D eigenvalue weighted by atomic mass is 10.1. The van der Waals surface area contributed by atoms with Crippen LogP contribution in [0.4, 0.5) is 11.4 Å². The van der Waals surface area contributed by atoms with E-state index in [1.54, 1.807) is 30.3 Å². The van der Waals surface area contributed by atoms with Gasteiger partial charge in [-0.25, -0.2) is 0 Å². The number of carbonyl (C=O) groups excluding carboxylic acids is 3. The van der Waals surface area contributed by atoms with Crippen LogP contribution in [-0.4, -0.2) is 29.6 Å². The zero-order valence-electron chi connectivity index (χ0n) is 14.8. The van der Waals surface area contributed by atoms with E-state index in [1.165, 1.54) is 11.8 Å². The molecule has 0 unspecified atom stereocenters. The molecule has 142 valence electrons. The van der Waals surface area contributed by atoms with Crippen molar-refractivity contribution >= 4 is 40.9 Å². The van der Waals surface area contributed by atoms with Gasteiger partial charge in [0, 0.05) is 10.6 Å². The number of rotatable bonds is 6. The van der Waals surface area contributed by atoms with E-state index in [0.29, 0.717) is 12.1 Å². The summed E-state index contributed by atoms with van der Waals surface area (Å²) in [6.45, 7) is -0.436. The van der Waals surface area contributed by atoms with Crippen LogP contribution >= 0.6 is 11.8 Å². The Morgan fingerprint density at radius 2 is 1.93 bits per heavy atom. The topological polar surface area (TPSA) is 108 Å². The molecule has 0 fully saturated rings. The van der Waals surface area contributed by atoms with Gasteiger partial charge in [-0.3, -0.25) is 14.4 Å². The zero-order chi connectivity index (χ0) is 19.9. The van der Waals surface area contributed by atoms with Gasteiger partial charge in [0.2, 0.25) is 5.91 Å². The van der Waals surface area contributed by atoms with Crippen LogP contribution in [0.3, 0.4) is 0 Å². The van der Waals surface area contributed by atoms with Crippen molar-refractivity contribution in [2.24, 2.45) is 0 Å². The smallest absolute Gasteiger partial charge is 0.307 e. The van der Waals surface area contributed by atoms with Crippen LogP contribution in [0.5, 0.6) is 0 Å². The van der Waals surface area contributed by atoms with Gasteiger partial charge in [-0.15, -0.1) is 11.8 Å². The van der Waals surface area contributed by atoms with E-state index in [2.05, 4.69) is 10.6 Å². The van der Waals surface area contributed by atoms with Crippen LogP contribution in [0, 0.1) is 11.3 Å². The Kier molecular flexibility index (Phi) is 6.29.